The number of aromatic nitrogens is 2. The standard InChI is InChI=1S/C11H12BrN3S/c12-11-2-1-10(16-11)4-6-13-7-9-3-5-14-8-15-9/h1-3,5,8,13H,4,6-7H2. The van der Waals surface area contributed by atoms with E-state index >= 15 is 0 Å². The van der Waals surface area contributed by atoms with Gasteiger partial charge in [0.25, 0.3) is 0 Å². The number of hydrogen-bond donors (Lipinski definition) is 1. The molecule has 0 unspecified atom stereocenters. The smallest absolute Gasteiger partial charge is 0.115 e. The number of nitrogens with zero attached hydrogens (tertiary/aromatic N) is 2. The van der Waals surface area contributed by atoms with Gasteiger partial charge in [-0.05, 0) is 40.5 Å². The zero-order valence-corrected chi connectivity index (χ0v) is 11.1. The molecule has 0 aliphatic rings. The van der Waals surface area contributed by atoms with Crippen LogP contribution in [0, 0.1) is 0 Å². The second-order valence-corrected chi connectivity index (χ2v) is 5.88. The van der Waals surface area contributed by atoms with E-state index in [0.29, 0.717) is 0 Å². The minimum absolute atomic E-state index is 0.801. The zero-order valence-electron chi connectivity index (χ0n) is 8.69. The number of halogens is 1. The van der Waals surface area contributed by atoms with Gasteiger partial charge in [-0.1, -0.05) is 0 Å². The van der Waals surface area contributed by atoms with Crippen molar-refractivity contribution < 1.29 is 0 Å². The number of rotatable bonds is 5. The normalized spacial score (nSPS) is 10.6. The molecule has 0 spiro atoms. The molecule has 84 valence electrons. The molecule has 0 saturated carbocycles. The van der Waals surface area contributed by atoms with E-state index in [1.165, 1.54) is 8.66 Å². The SMILES string of the molecule is Brc1ccc(CCNCc2ccncn2)s1. The Morgan fingerprint density at radius 1 is 1.31 bits per heavy atom. The molecule has 2 rings (SSSR count). The third-order valence-corrected chi connectivity index (χ3v) is 3.81. The molecule has 2 aromatic heterocycles. The lowest BCUT2D eigenvalue weighted by Crippen LogP contribution is -2.17. The number of hydrogen-bond acceptors (Lipinski definition) is 4. The predicted octanol–water partition coefficient (Wildman–Crippen LogP) is 2.63. The fraction of sp³-hybridized carbons (Fsp3) is 0.273. The first-order valence-corrected chi connectivity index (χ1v) is 6.65. The average molecular weight is 298 g/mol. The Bertz CT molecular complexity index is 430. The fourth-order valence-electron chi connectivity index (χ4n) is 1.34. The summed E-state index contributed by atoms with van der Waals surface area (Å²) in [5.74, 6) is 0. The van der Waals surface area contributed by atoms with Crippen LogP contribution in [0.5, 0.6) is 0 Å². The molecule has 0 radical (unpaired) electrons. The van der Waals surface area contributed by atoms with Gasteiger partial charge in [0.05, 0.1) is 9.48 Å². The van der Waals surface area contributed by atoms with Crippen molar-refractivity contribution in [2.24, 2.45) is 0 Å². The molecule has 0 aliphatic carbocycles. The molecular weight excluding hydrogens is 286 g/mol. The summed E-state index contributed by atoms with van der Waals surface area (Å²) in [6, 6.07) is 6.17. The average Bonchev–Trinajstić information content (AvgIpc) is 2.72. The van der Waals surface area contributed by atoms with E-state index < -0.39 is 0 Å². The summed E-state index contributed by atoms with van der Waals surface area (Å²) < 4.78 is 1.19. The van der Waals surface area contributed by atoms with Crippen molar-refractivity contribution in [2.75, 3.05) is 6.54 Å². The van der Waals surface area contributed by atoms with Crippen LogP contribution in [0.25, 0.3) is 0 Å². The Labute approximate surface area is 107 Å². The lowest BCUT2D eigenvalue weighted by atomic mass is 10.3. The maximum absolute atomic E-state index is 4.15. The van der Waals surface area contributed by atoms with Crippen LogP contribution in [-0.4, -0.2) is 16.5 Å². The van der Waals surface area contributed by atoms with Crippen molar-refractivity contribution in [3.63, 3.8) is 0 Å². The van der Waals surface area contributed by atoms with Gasteiger partial charge in [0, 0.05) is 24.2 Å². The molecule has 0 fully saturated rings. The summed E-state index contributed by atoms with van der Waals surface area (Å²) in [4.78, 5) is 9.42. The Kier molecular flexibility index (Phi) is 4.44. The minimum Gasteiger partial charge on any atom is -0.311 e. The molecule has 2 heterocycles. The lowest BCUT2D eigenvalue weighted by molar-refractivity contribution is 0.676. The topological polar surface area (TPSA) is 37.8 Å². The molecule has 5 heteroatoms. The van der Waals surface area contributed by atoms with Crippen LogP contribution in [0.3, 0.4) is 0 Å². The first kappa shape index (κ1) is 11.7. The molecule has 3 nitrogen and oxygen atoms in total. The highest BCUT2D eigenvalue weighted by molar-refractivity contribution is 9.11. The second kappa shape index (κ2) is 6.08. The molecule has 0 aromatic carbocycles. The molecule has 2 aromatic rings. The molecule has 1 N–H and O–H groups in total. The Morgan fingerprint density at radius 2 is 2.25 bits per heavy atom. The van der Waals surface area contributed by atoms with Crippen molar-refractivity contribution in [3.8, 4) is 0 Å². The van der Waals surface area contributed by atoms with E-state index in [1.807, 2.05) is 6.07 Å². The zero-order chi connectivity index (χ0) is 11.2. The summed E-state index contributed by atoms with van der Waals surface area (Å²) in [5.41, 5.74) is 1.03. The van der Waals surface area contributed by atoms with Crippen LogP contribution in [0.4, 0.5) is 0 Å². The van der Waals surface area contributed by atoms with Gasteiger partial charge in [0.2, 0.25) is 0 Å². The van der Waals surface area contributed by atoms with Gasteiger partial charge >= 0.3 is 0 Å². The van der Waals surface area contributed by atoms with Gasteiger partial charge in [0.15, 0.2) is 0 Å². The second-order valence-electron chi connectivity index (χ2n) is 3.33. The maximum Gasteiger partial charge on any atom is 0.115 e. The molecular formula is C11H12BrN3S. The third-order valence-electron chi connectivity index (χ3n) is 2.13. The highest BCUT2D eigenvalue weighted by Crippen LogP contribution is 2.21. The van der Waals surface area contributed by atoms with E-state index in [1.54, 1.807) is 23.9 Å². The van der Waals surface area contributed by atoms with Crippen molar-refractivity contribution in [2.45, 2.75) is 13.0 Å². The van der Waals surface area contributed by atoms with Gasteiger partial charge in [-0.3, -0.25) is 0 Å². The fourth-order valence-corrected chi connectivity index (χ4v) is 2.82. The van der Waals surface area contributed by atoms with Crippen LogP contribution in [0.1, 0.15) is 10.6 Å². The molecule has 0 atom stereocenters. The minimum atomic E-state index is 0.801. The van der Waals surface area contributed by atoms with Gasteiger partial charge in [0.1, 0.15) is 6.33 Å². The Hall–Kier alpha value is -0.780. The summed E-state index contributed by atoms with van der Waals surface area (Å²) in [6.07, 6.45) is 4.40. The van der Waals surface area contributed by atoms with Crippen molar-refractivity contribution in [1.82, 2.24) is 15.3 Å². The molecule has 0 amide bonds. The van der Waals surface area contributed by atoms with E-state index in [4.69, 9.17) is 0 Å². The highest BCUT2D eigenvalue weighted by atomic mass is 79.9. The molecule has 16 heavy (non-hydrogen) atoms. The summed E-state index contributed by atoms with van der Waals surface area (Å²) in [6.45, 7) is 1.77. The van der Waals surface area contributed by atoms with E-state index in [-0.39, 0.29) is 0 Å². The van der Waals surface area contributed by atoms with Crippen LogP contribution in [0.2, 0.25) is 0 Å². The largest absolute Gasteiger partial charge is 0.311 e. The number of thiophene rings is 1. The molecule has 0 bridgehead atoms. The summed E-state index contributed by atoms with van der Waals surface area (Å²) in [7, 11) is 0. The van der Waals surface area contributed by atoms with E-state index in [2.05, 4.69) is 43.3 Å². The van der Waals surface area contributed by atoms with Crippen LogP contribution < -0.4 is 5.32 Å². The maximum atomic E-state index is 4.15. The first-order valence-electron chi connectivity index (χ1n) is 5.04. The third kappa shape index (κ3) is 3.66. The lowest BCUT2D eigenvalue weighted by Gasteiger charge is -2.02. The predicted molar refractivity (Wildman–Crippen MR) is 69.5 cm³/mol. The van der Waals surface area contributed by atoms with Crippen LogP contribution in [-0.2, 0) is 13.0 Å². The van der Waals surface area contributed by atoms with Gasteiger partial charge < -0.3 is 5.32 Å². The highest BCUT2D eigenvalue weighted by Gasteiger charge is 1.97. The van der Waals surface area contributed by atoms with E-state index in [9.17, 15) is 0 Å². The monoisotopic (exact) mass is 297 g/mol. The number of nitrogens with one attached hydrogen (secondary N) is 1. The van der Waals surface area contributed by atoms with Gasteiger partial charge in [-0.25, -0.2) is 9.97 Å². The van der Waals surface area contributed by atoms with Crippen LogP contribution >= 0.6 is 27.3 Å². The van der Waals surface area contributed by atoms with Gasteiger partial charge in [-0.2, -0.15) is 0 Å². The molecule has 0 aliphatic heterocycles. The van der Waals surface area contributed by atoms with Crippen molar-refractivity contribution >= 4 is 27.3 Å². The molecule has 0 saturated heterocycles. The Morgan fingerprint density at radius 3 is 2.94 bits per heavy atom. The summed E-state index contributed by atoms with van der Waals surface area (Å²) in [5, 5.41) is 3.36. The van der Waals surface area contributed by atoms with Crippen molar-refractivity contribution in [3.05, 3.63) is 45.1 Å². The first-order chi connectivity index (χ1) is 7.84. The van der Waals surface area contributed by atoms with E-state index in [0.717, 1.165) is 25.2 Å². The Balaban J connectivity index is 1.69. The van der Waals surface area contributed by atoms with Crippen molar-refractivity contribution in [1.29, 1.82) is 0 Å². The van der Waals surface area contributed by atoms with Gasteiger partial charge in [-0.15, -0.1) is 11.3 Å². The quantitative estimate of drug-likeness (QED) is 0.862. The summed E-state index contributed by atoms with van der Waals surface area (Å²) >= 11 is 5.24. The van der Waals surface area contributed by atoms with Crippen LogP contribution in [0.15, 0.2) is 34.5 Å².